The number of hydrogen-bond acceptors (Lipinski definition) is 11. The number of carbonyl (C=O) groups is 5. The zero-order valence-corrected chi connectivity index (χ0v) is 32.1. The van der Waals surface area contributed by atoms with Crippen LogP contribution in [0.2, 0.25) is 0 Å². The lowest BCUT2D eigenvalue weighted by Gasteiger charge is -2.37. The Labute approximate surface area is 333 Å². The summed E-state index contributed by atoms with van der Waals surface area (Å²) in [6.07, 6.45) is 2.14. The normalized spacial score (nSPS) is 19.6. The molecule has 0 bridgehead atoms. The number of carbonyl (C=O) groups excluding carboxylic acids is 5. The molecule has 2 fully saturated rings. The molecule has 2 aromatic carbocycles. The lowest BCUT2D eigenvalue weighted by atomic mass is 9.97. The predicted molar refractivity (Wildman–Crippen MR) is 205 cm³/mol. The molecule has 0 aromatic heterocycles. The second-order valence-corrected chi connectivity index (χ2v) is 14.7. The van der Waals surface area contributed by atoms with Gasteiger partial charge in [0.15, 0.2) is 5.60 Å². The zero-order valence-electron chi connectivity index (χ0n) is 32.1. The molecule has 0 aliphatic carbocycles. The molecule has 0 saturated carbocycles. The van der Waals surface area contributed by atoms with Crippen LogP contribution in [0, 0.1) is 17.2 Å². The van der Waals surface area contributed by atoms with Crippen LogP contribution in [0.3, 0.4) is 0 Å². The predicted octanol–water partition coefficient (Wildman–Crippen LogP) is 2.99. The SMILES string of the molecule is CC(O)(COc1ccc(CNC(=O)CCCCN2CCN(C3=NC=CC(CC(=O)NC4CCC(=O)NC4=O)C3)CC2)cc1)C(=O)Nc1ccc(C#N)c(C(F)(F)F)c1. The van der Waals surface area contributed by atoms with Crippen LogP contribution in [0.4, 0.5) is 18.9 Å². The van der Waals surface area contributed by atoms with E-state index in [4.69, 9.17) is 10.00 Å². The number of allylic oxidation sites excluding steroid dienone is 1. The molecule has 2 saturated heterocycles. The van der Waals surface area contributed by atoms with Crippen LogP contribution in [0.25, 0.3) is 0 Å². The molecule has 18 heteroatoms. The van der Waals surface area contributed by atoms with Crippen molar-refractivity contribution in [3.05, 3.63) is 71.4 Å². The smallest absolute Gasteiger partial charge is 0.417 e. The number of imide groups is 1. The number of aliphatic imine (C=N–C) groups is 1. The van der Waals surface area contributed by atoms with Crippen molar-refractivity contribution in [2.24, 2.45) is 10.9 Å². The fraction of sp³-hybridized carbons (Fsp3) is 0.475. The average molecular weight is 809 g/mol. The molecular formula is C40H47F3N8O7. The highest BCUT2D eigenvalue weighted by Crippen LogP contribution is 2.34. The summed E-state index contributed by atoms with van der Waals surface area (Å²) in [5, 5.41) is 29.7. The van der Waals surface area contributed by atoms with Gasteiger partial charge in [-0.2, -0.15) is 18.4 Å². The number of nitrogens with zero attached hydrogens (tertiary/aromatic N) is 4. The summed E-state index contributed by atoms with van der Waals surface area (Å²) >= 11 is 0. The minimum atomic E-state index is -4.81. The van der Waals surface area contributed by atoms with Crippen LogP contribution < -0.4 is 26.0 Å². The number of piperidine rings is 1. The van der Waals surface area contributed by atoms with E-state index in [1.54, 1.807) is 30.5 Å². The van der Waals surface area contributed by atoms with Gasteiger partial charge in [-0.3, -0.25) is 34.2 Å². The number of halogens is 3. The highest BCUT2D eigenvalue weighted by Gasteiger charge is 2.36. The maximum Gasteiger partial charge on any atom is 0.417 e. The maximum atomic E-state index is 13.3. The molecule has 0 spiro atoms. The summed E-state index contributed by atoms with van der Waals surface area (Å²) in [5.74, 6) is -0.891. The Morgan fingerprint density at radius 3 is 2.48 bits per heavy atom. The van der Waals surface area contributed by atoms with E-state index in [-0.39, 0.29) is 48.7 Å². The van der Waals surface area contributed by atoms with Crippen molar-refractivity contribution in [3.8, 4) is 11.8 Å². The molecular weight excluding hydrogens is 761 g/mol. The maximum absolute atomic E-state index is 13.3. The van der Waals surface area contributed by atoms with Gasteiger partial charge in [0.1, 0.15) is 24.2 Å². The number of ether oxygens (including phenoxy) is 1. The molecule has 3 atom stereocenters. The standard InChI is InChI=1S/C40H47F3N8O7/c1-39(57,38(56)47-29-8-7-28(23-44)31(22-29)40(41,42)43)25-58-30-9-5-26(6-10-30)24-46-34(52)4-2-3-15-50-16-18-51(19-17-50)33-20-27(13-14-45-33)21-36(54)48-32-11-12-35(53)49-37(32)55/h5-10,13-14,22,27,32,57H,2-4,11-12,15-21,24-25H2,1H3,(H,46,52)(H,47,56)(H,48,54)(H,49,53,55). The number of aliphatic hydroxyl groups is 1. The number of anilines is 1. The van der Waals surface area contributed by atoms with E-state index in [1.807, 2.05) is 6.08 Å². The van der Waals surface area contributed by atoms with E-state index in [2.05, 4.69) is 36.1 Å². The first-order chi connectivity index (χ1) is 27.6. The van der Waals surface area contributed by atoms with E-state index in [9.17, 15) is 42.3 Å². The number of nitrogens with one attached hydrogen (secondary N) is 4. The molecule has 310 valence electrons. The Balaban J connectivity index is 0.932. The molecule has 3 aliphatic heterocycles. The van der Waals surface area contributed by atoms with Crippen molar-refractivity contribution in [1.82, 2.24) is 25.8 Å². The third-order valence-corrected chi connectivity index (χ3v) is 10.0. The van der Waals surface area contributed by atoms with Crippen LogP contribution in [0.15, 0.2) is 59.7 Å². The lowest BCUT2D eigenvalue weighted by molar-refractivity contribution is -0.138. The number of rotatable bonds is 15. The van der Waals surface area contributed by atoms with Gasteiger partial charge in [0.2, 0.25) is 23.6 Å². The summed E-state index contributed by atoms with van der Waals surface area (Å²) < 4.78 is 45.4. The number of piperazine rings is 1. The third-order valence-electron chi connectivity index (χ3n) is 10.0. The van der Waals surface area contributed by atoms with Gasteiger partial charge in [-0.15, -0.1) is 0 Å². The van der Waals surface area contributed by atoms with Crippen LogP contribution in [-0.4, -0.2) is 101 Å². The minimum absolute atomic E-state index is 0.0374. The van der Waals surface area contributed by atoms with E-state index < -0.39 is 47.4 Å². The van der Waals surface area contributed by atoms with Crippen LogP contribution in [0.5, 0.6) is 5.75 Å². The van der Waals surface area contributed by atoms with Crippen molar-refractivity contribution >= 4 is 41.1 Å². The van der Waals surface area contributed by atoms with Gasteiger partial charge in [-0.1, -0.05) is 18.2 Å². The number of hydrogen-bond donors (Lipinski definition) is 5. The summed E-state index contributed by atoms with van der Waals surface area (Å²) in [5.41, 5.74) is -3.35. The number of benzene rings is 2. The highest BCUT2D eigenvalue weighted by molar-refractivity contribution is 6.01. The molecule has 5 amide bonds. The molecule has 5 rings (SSSR count). The van der Waals surface area contributed by atoms with Gasteiger partial charge in [0, 0.05) is 70.3 Å². The Bertz CT molecular complexity index is 1940. The first kappa shape index (κ1) is 43.3. The van der Waals surface area contributed by atoms with E-state index in [0.717, 1.165) is 76.0 Å². The van der Waals surface area contributed by atoms with Crippen LogP contribution in [0.1, 0.15) is 68.6 Å². The monoisotopic (exact) mass is 808 g/mol. The van der Waals surface area contributed by atoms with Crippen molar-refractivity contribution in [1.29, 1.82) is 5.26 Å². The number of amides is 5. The molecule has 3 unspecified atom stereocenters. The Morgan fingerprint density at radius 1 is 1.05 bits per heavy atom. The van der Waals surface area contributed by atoms with Crippen molar-refractivity contribution in [3.63, 3.8) is 0 Å². The number of unbranched alkanes of at least 4 members (excludes halogenated alkanes) is 1. The fourth-order valence-corrected chi connectivity index (χ4v) is 6.63. The molecule has 15 nitrogen and oxygen atoms in total. The average Bonchev–Trinajstić information content (AvgIpc) is 3.19. The van der Waals surface area contributed by atoms with Crippen LogP contribution >= 0.6 is 0 Å². The molecule has 5 N–H and O–H groups in total. The largest absolute Gasteiger partial charge is 0.490 e. The zero-order chi connectivity index (χ0) is 41.9. The van der Waals surface area contributed by atoms with Crippen molar-refractivity contribution < 1.29 is 47.0 Å². The van der Waals surface area contributed by atoms with E-state index in [0.29, 0.717) is 31.1 Å². The van der Waals surface area contributed by atoms with Gasteiger partial charge in [0.25, 0.3) is 5.91 Å². The molecule has 2 aromatic rings. The second-order valence-electron chi connectivity index (χ2n) is 14.7. The Morgan fingerprint density at radius 2 is 1.79 bits per heavy atom. The Kier molecular flexibility index (Phi) is 14.6. The van der Waals surface area contributed by atoms with Crippen molar-refractivity contribution in [2.45, 2.75) is 76.2 Å². The molecule has 3 aliphatic rings. The second kappa shape index (κ2) is 19.6. The fourth-order valence-electron chi connectivity index (χ4n) is 6.63. The van der Waals surface area contributed by atoms with Crippen molar-refractivity contribution in [2.75, 3.05) is 44.6 Å². The first-order valence-corrected chi connectivity index (χ1v) is 19.1. The third kappa shape index (κ3) is 12.6. The van der Waals surface area contributed by atoms with E-state index in [1.165, 1.54) is 6.07 Å². The quantitative estimate of drug-likeness (QED) is 0.131. The summed E-state index contributed by atoms with van der Waals surface area (Å²) in [6.45, 7) is 5.11. The van der Waals surface area contributed by atoms with Gasteiger partial charge in [0.05, 0.1) is 17.2 Å². The number of nitriles is 1. The summed E-state index contributed by atoms with van der Waals surface area (Å²) in [7, 11) is 0. The molecule has 58 heavy (non-hydrogen) atoms. The summed E-state index contributed by atoms with van der Waals surface area (Å²) in [4.78, 5) is 70.3. The summed E-state index contributed by atoms with van der Waals surface area (Å²) in [6, 6.07) is 10.1. The van der Waals surface area contributed by atoms with Gasteiger partial charge in [-0.25, -0.2) is 4.99 Å². The van der Waals surface area contributed by atoms with E-state index >= 15 is 0 Å². The molecule has 3 heterocycles. The number of amidine groups is 1. The molecule has 0 radical (unpaired) electrons. The van der Waals surface area contributed by atoms with Crippen LogP contribution in [-0.2, 0) is 36.7 Å². The minimum Gasteiger partial charge on any atom is -0.490 e. The topological polar surface area (TPSA) is 206 Å². The van der Waals surface area contributed by atoms with Gasteiger partial charge >= 0.3 is 6.18 Å². The first-order valence-electron chi connectivity index (χ1n) is 19.1. The Hall–Kier alpha value is -5.80. The van der Waals surface area contributed by atoms with Gasteiger partial charge in [-0.05, 0) is 74.5 Å². The van der Waals surface area contributed by atoms with Gasteiger partial charge < -0.3 is 30.7 Å². The number of alkyl halides is 3. The lowest BCUT2D eigenvalue weighted by Crippen LogP contribution is -2.52. The highest BCUT2D eigenvalue weighted by atomic mass is 19.4.